The van der Waals surface area contributed by atoms with Gasteiger partial charge in [-0.15, -0.1) is 0 Å². The van der Waals surface area contributed by atoms with Crippen molar-refractivity contribution in [1.82, 2.24) is 5.32 Å². The monoisotopic (exact) mass is 323 g/mol. The molecule has 1 aromatic rings. The van der Waals surface area contributed by atoms with E-state index in [4.69, 9.17) is 4.74 Å². The molecule has 0 heterocycles. The molecule has 0 radical (unpaired) electrons. The van der Waals surface area contributed by atoms with Crippen LogP contribution in [0.25, 0.3) is 0 Å². The smallest absolute Gasteiger partial charge is 0.338 e. The molecule has 2 rings (SSSR count). The summed E-state index contributed by atoms with van der Waals surface area (Å²) >= 11 is 0. The number of ether oxygens (including phenoxy) is 1. The fourth-order valence-electron chi connectivity index (χ4n) is 2.65. The summed E-state index contributed by atoms with van der Waals surface area (Å²) in [4.78, 5) is 23.5. The quantitative estimate of drug-likeness (QED) is 0.782. The van der Waals surface area contributed by atoms with Gasteiger partial charge in [-0.3, -0.25) is 4.79 Å². The number of esters is 1. The molecule has 5 nitrogen and oxygen atoms in total. The maximum Gasteiger partial charge on any atom is 0.338 e. The highest BCUT2D eigenvalue weighted by Gasteiger charge is 2.38. The van der Waals surface area contributed by atoms with Crippen LogP contribution in [-0.2, 0) is 20.7 Å². The maximum atomic E-state index is 12.8. The van der Waals surface area contributed by atoms with Gasteiger partial charge in [0, 0.05) is 6.54 Å². The largest absolute Gasteiger partial charge is 0.453 e. The molecule has 0 aromatic heterocycles. The number of carbonyl (C=O) groups is 2. The van der Waals surface area contributed by atoms with Gasteiger partial charge in [-0.25, -0.2) is 9.18 Å². The lowest BCUT2D eigenvalue weighted by molar-refractivity contribution is -0.170. The number of halogens is 1. The van der Waals surface area contributed by atoms with Crippen molar-refractivity contribution < 1.29 is 23.8 Å². The van der Waals surface area contributed by atoms with Crippen LogP contribution in [0.3, 0.4) is 0 Å². The second-order valence-electron chi connectivity index (χ2n) is 5.89. The molecule has 1 fully saturated rings. The predicted molar refractivity (Wildman–Crippen MR) is 82.1 cm³/mol. The minimum atomic E-state index is -1.44. The Kier molecular flexibility index (Phi) is 6.10. The summed E-state index contributed by atoms with van der Waals surface area (Å²) in [6.07, 6.45) is 3.91. The highest BCUT2D eigenvalue weighted by molar-refractivity contribution is 5.84. The lowest BCUT2D eigenvalue weighted by Crippen LogP contribution is -2.43. The van der Waals surface area contributed by atoms with Gasteiger partial charge in [-0.1, -0.05) is 18.6 Å². The normalized spacial score (nSPS) is 16.6. The third kappa shape index (κ3) is 5.32. The Balaban J connectivity index is 1.66. The first-order valence-electron chi connectivity index (χ1n) is 7.90. The van der Waals surface area contributed by atoms with Gasteiger partial charge in [0.05, 0.1) is 0 Å². The number of benzene rings is 1. The van der Waals surface area contributed by atoms with Gasteiger partial charge in [0.25, 0.3) is 5.91 Å². The lowest BCUT2D eigenvalue weighted by Gasteiger charge is -2.29. The van der Waals surface area contributed by atoms with E-state index in [0.717, 1.165) is 24.8 Å². The number of rotatable bonds is 6. The molecule has 6 heteroatoms. The van der Waals surface area contributed by atoms with Crippen LogP contribution in [0.5, 0.6) is 0 Å². The topological polar surface area (TPSA) is 75.6 Å². The third-order valence-electron chi connectivity index (χ3n) is 4.04. The summed E-state index contributed by atoms with van der Waals surface area (Å²) in [5.74, 6) is -1.43. The van der Waals surface area contributed by atoms with E-state index in [1.54, 1.807) is 12.1 Å². The number of amides is 1. The maximum absolute atomic E-state index is 12.8. The third-order valence-corrected chi connectivity index (χ3v) is 4.04. The predicted octanol–water partition coefficient (Wildman–Crippen LogP) is 1.72. The van der Waals surface area contributed by atoms with Gasteiger partial charge in [-0.05, 0) is 49.8 Å². The van der Waals surface area contributed by atoms with E-state index in [2.05, 4.69) is 5.32 Å². The van der Waals surface area contributed by atoms with Crippen LogP contribution in [0.2, 0.25) is 0 Å². The summed E-state index contributed by atoms with van der Waals surface area (Å²) in [7, 11) is 0. The Labute approximate surface area is 134 Å². The molecule has 23 heavy (non-hydrogen) atoms. The van der Waals surface area contributed by atoms with Crippen molar-refractivity contribution in [2.75, 3.05) is 13.2 Å². The Morgan fingerprint density at radius 1 is 1.17 bits per heavy atom. The second kappa shape index (κ2) is 8.06. The van der Waals surface area contributed by atoms with Crippen molar-refractivity contribution in [3.8, 4) is 0 Å². The Morgan fingerprint density at radius 2 is 1.83 bits per heavy atom. The molecule has 0 saturated heterocycles. The van der Waals surface area contributed by atoms with Gasteiger partial charge in [0.15, 0.2) is 12.2 Å². The molecule has 1 aromatic carbocycles. The summed E-state index contributed by atoms with van der Waals surface area (Å²) < 4.78 is 17.7. The molecule has 2 N–H and O–H groups in total. The molecule has 0 atom stereocenters. The van der Waals surface area contributed by atoms with Crippen molar-refractivity contribution in [1.29, 1.82) is 0 Å². The van der Waals surface area contributed by atoms with Crippen LogP contribution in [0.1, 0.15) is 37.7 Å². The summed E-state index contributed by atoms with van der Waals surface area (Å²) in [5.41, 5.74) is -0.535. The van der Waals surface area contributed by atoms with Gasteiger partial charge in [-0.2, -0.15) is 0 Å². The molecule has 1 amide bonds. The Morgan fingerprint density at radius 3 is 2.48 bits per heavy atom. The zero-order valence-electron chi connectivity index (χ0n) is 13.0. The molecule has 0 aliphatic heterocycles. The van der Waals surface area contributed by atoms with Crippen molar-refractivity contribution >= 4 is 11.9 Å². The van der Waals surface area contributed by atoms with Crippen LogP contribution in [0.15, 0.2) is 24.3 Å². The first-order chi connectivity index (χ1) is 11.0. The van der Waals surface area contributed by atoms with Crippen LogP contribution in [0, 0.1) is 5.82 Å². The molecule has 0 bridgehead atoms. The summed E-state index contributed by atoms with van der Waals surface area (Å²) in [6.45, 7) is -0.0309. The SMILES string of the molecule is O=C(COC(=O)C1(O)CCCCC1)NCCc1ccc(F)cc1. The van der Waals surface area contributed by atoms with Gasteiger partial charge in [0.2, 0.25) is 0 Å². The first-order valence-corrected chi connectivity index (χ1v) is 7.90. The fourth-order valence-corrected chi connectivity index (χ4v) is 2.65. The number of aliphatic hydroxyl groups is 1. The number of nitrogens with one attached hydrogen (secondary N) is 1. The molecule has 1 aliphatic carbocycles. The number of hydrogen-bond acceptors (Lipinski definition) is 4. The number of carbonyl (C=O) groups excluding carboxylic acids is 2. The van der Waals surface area contributed by atoms with Crippen molar-refractivity contribution in [2.45, 2.75) is 44.1 Å². The highest BCUT2D eigenvalue weighted by atomic mass is 19.1. The van der Waals surface area contributed by atoms with Crippen LogP contribution < -0.4 is 5.32 Å². The average molecular weight is 323 g/mol. The van der Waals surface area contributed by atoms with Crippen molar-refractivity contribution in [3.63, 3.8) is 0 Å². The van der Waals surface area contributed by atoms with Crippen molar-refractivity contribution in [2.24, 2.45) is 0 Å². The van der Waals surface area contributed by atoms with E-state index in [1.165, 1.54) is 12.1 Å². The zero-order valence-corrected chi connectivity index (χ0v) is 13.0. The molecule has 0 unspecified atom stereocenters. The van der Waals surface area contributed by atoms with E-state index in [0.29, 0.717) is 25.8 Å². The van der Waals surface area contributed by atoms with Gasteiger partial charge >= 0.3 is 5.97 Å². The van der Waals surface area contributed by atoms with Gasteiger partial charge < -0.3 is 15.2 Å². The van der Waals surface area contributed by atoms with Crippen LogP contribution in [-0.4, -0.2) is 35.7 Å². The van der Waals surface area contributed by atoms with Crippen LogP contribution >= 0.6 is 0 Å². The molecule has 1 aliphatic rings. The molecule has 0 spiro atoms. The van der Waals surface area contributed by atoms with E-state index in [9.17, 15) is 19.1 Å². The highest BCUT2D eigenvalue weighted by Crippen LogP contribution is 2.28. The minimum absolute atomic E-state index is 0.301. The second-order valence-corrected chi connectivity index (χ2v) is 5.89. The fraction of sp³-hybridized carbons (Fsp3) is 0.529. The summed E-state index contributed by atoms with van der Waals surface area (Å²) in [5, 5.41) is 12.8. The molecular formula is C17H22FNO4. The zero-order chi connectivity index (χ0) is 16.7. The lowest BCUT2D eigenvalue weighted by atomic mass is 9.85. The molecule has 126 valence electrons. The first kappa shape index (κ1) is 17.4. The minimum Gasteiger partial charge on any atom is -0.453 e. The molecule has 1 saturated carbocycles. The summed E-state index contributed by atoms with van der Waals surface area (Å²) in [6, 6.07) is 6.04. The Bertz CT molecular complexity index is 538. The van der Waals surface area contributed by atoms with Crippen molar-refractivity contribution in [3.05, 3.63) is 35.6 Å². The Hall–Kier alpha value is -1.95. The number of hydrogen-bond donors (Lipinski definition) is 2. The average Bonchev–Trinajstić information content (AvgIpc) is 2.55. The van der Waals surface area contributed by atoms with Crippen LogP contribution in [0.4, 0.5) is 4.39 Å². The van der Waals surface area contributed by atoms with E-state index in [-0.39, 0.29) is 5.82 Å². The van der Waals surface area contributed by atoms with E-state index in [1.807, 2.05) is 0 Å². The molecular weight excluding hydrogens is 301 g/mol. The van der Waals surface area contributed by atoms with E-state index >= 15 is 0 Å². The standard InChI is InChI=1S/C17H22FNO4/c18-14-6-4-13(5-7-14)8-11-19-15(20)12-23-16(21)17(22)9-2-1-3-10-17/h4-7,22H,1-3,8-12H2,(H,19,20). The van der Waals surface area contributed by atoms with E-state index < -0.39 is 24.1 Å². The van der Waals surface area contributed by atoms with Gasteiger partial charge in [0.1, 0.15) is 5.82 Å².